The lowest BCUT2D eigenvalue weighted by molar-refractivity contribution is -0.124. The van der Waals surface area contributed by atoms with Crippen LogP contribution in [0.2, 0.25) is 0 Å². The van der Waals surface area contributed by atoms with E-state index in [1.54, 1.807) is 0 Å². The van der Waals surface area contributed by atoms with Gasteiger partial charge in [0.25, 0.3) is 0 Å². The molecule has 0 saturated heterocycles. The molecule has 0 heterocycles. The molecule has 1 unspecified atom stereocenters. The van der Waals surface area contributed by atoms with Crippen LogP contribution in [-0.4, -0.2) is 16.4 Å². The van der Waals surface area contributed by atoms with Gasteiger partial charge >= 0.3 is 0 Å². The van der Waals surface area contributed by atoms with E-state index in [2.05, 4.69) is 19.2 Å². The lowest BCUT2D eigenvalue weighted by Crippen LogP contribution is -2.56. The summed E-state index contributed by atoms with van der Waals surface area (Å²) in [4.78, 5) is 12.4. The second-order valence-corrected chi connectivity index (χ2v) is 5.83. The average molecular weight is 242 g/mol. The minimum atomic E-state index is -0.495. The molecule has 0 bridgehead atoms. The van der Waals surface area contributed by atoms with Crippen LogP contribution in [0.3, 0.4) is 0 Å². The molecule has 3 N–H and O–H groups in total. The number of hydrogen-bond acceptors (Lipinski definition) is 2. The van der Waals surface area contributed by atoms with Crippen LogP contribution in [0.1, 0.15) is 47.0 Å². The van der Waals surface area contributed by atoms with Crippen LogP contribution in [0.25, 0.3) is 0 Å². The Bertz CT molecular complexity index is 308. The number of carbonyl (C=O) groups is 1. The number of hydrogen-bond donors (Lipinski definition) is 2. The van der Waals surface area contributed by atoms with Crippen molar-refractivity contribution in [3.05, 3.63) is 0 Å². The van der Waals surface area contributed by atoms with Gasteiger partial charge in [-0.05, 0) is 24.7 Å². The highest BCUT2D eigenvalue weighted by molar-refractivity contribution is 7.80. The molecule has 0 aromatic rings. The van der Waals surface area contributed by atoms with Crippen molar-refractivity contribution < 1.29 is 4.79 Å². The van der Waals surface area contributed by atoms with Gasteiger partial charge in [0, 0.05) is 5.92 Å². The maximum atomic E-state index is 12.0. The number of nitrogens with two attached hydrogens (primary N) is 1. The number of nitrogens with one attached hydrogen (secondary N) is 1. The van der Waals surface area contributed by atoms with Crippen molar-refractivity contribution in [1.82, 2.24) is 5.32 Å². The highest BCUT2D eigenvalue weighted by Crippen LogP contribution is 2.51. The quantitative estimate of drug-likeness (QED) is 0.725. The van der Waals surface area contributed by atoms with E-state index in [9.17, 15) is 4.79 Å². The summed E-state index contributed by atoms with van der Waals surface area (Å²) in [6.45, 7) is 8.22. The molecule has 0 spiro atoms. The average Bonchev–Trinajstić information content (AvgIpc) is 2.84. The second kappa shape index (κ2) is 4.32. The molecule has 1 fully saturated rings. The molecule has 3 nitrogen and oxygen atoms in total. The summed E-state index contributed by atoms with van der Waals surface area (Å²) in [7, 11) is 0. The molecule has 1 rings (SSSR count). The van der Waals surface area contributed by atoms with E-state index >= 15 is 0 Å². The molecule has 1 saturated carbocycles. The van der Waals surface area contributed by atoms with Crippen molar-refractivity contribution in [2.75, 3.05) is 0 Å². The molecule has 1 aliphatic rings. The Balaban J connectivity index is 2.70. The monoisotopic (exact) mass is 242 g/mol. The van der Waals surface area contributed by atoms with Gasteiger partial charge in [0.15, 0.2) is 0 Å². The molecule has 1 aliphatic carbocycles. The number of carbonyl (C=O) groups excluding carboxylic acids is 1. The van der Waals surface area contributed by atoms with Crippen LogP contribution in [0.4, 0.5) is 0 Å². The van der Waals surface area contributed by atoms with Gasteiger partial charge < -0.3 is 11.1 Å². The van der Waals surface area contributed by atoms with Crippen LogP contribution in [0, 0.1) is 11.3 Å². The maximum Gasteiger partial charge on any atom is 0.224 e. The third kappa shape index (κ3) is 2.37. The zero-order chi connectivity index (χ0) is 12.6. The third-order valence-corrected chi connectivity index (χ3v) is 4.26. The zero-order valence-electron chi connectivity index (χ0n) is 10.6. The molecule has 0 aliphatic heterocycles. The Kier molecular flexibility index (Phi) is 3.62. The number of amides is 1. The highest BCUT2D eigenvalue weighted by atomic mass is 32.1. The molecule has 16 heavy (non-hydrogen) atoms. The van der Waals surface area contributed by atoms with Crippen LogP contribution in [-0.2, 0) is 4.79 Å². The topological polar surface area (TPSA) is 55.1 Å². The second-order valence-electron chi connectivity index (χ2n) is 5.39. The Hall–Kier alpha value is -0.640. The Morgan fingerprint density at radius 2 is 1.94 bits per heavy atom. The zero-order valence-corrected chi connectivity index (χ0v) is 11.4. The normalized spacial score (nSPS) is 22.6. The van der Waals surface area contributed by atoms with Crippen LogP contribution >= 0.6 is 12.2 Å². The molecule has 0 aromatic carbocycles. The van der Waals surface area contributed by atoms with Gasteiger partial charge in [-0.3, -0.25) is 4.79 Å². The van der Waals surface area contributed by atoms with Gasteiger partial charge in [-0.2, -0.15) is 0 Å². The summed E-state index contributed by atoms with van der Waals surface area (Å²) in [5, 5.41) is 3.04. The fraction of sp³-hybridized carbons (Fsp3) is 0.833. The molecular formula is C12H22N2OS. The van der Waals surface area contributed by atoms with Crippen molar-refractivity contribution in [1.29, 1.82) is 0 Å². The molecule has 92 valence electrons. The number of thiocarbonyl (C=S) groups is 1. The van der Waals surface area contributed by atoms with E-state index in [4.69, 9.17) is 18.0 Å². The van der Waals surface area contributed by atoms with Crippen LogP contribution < -0.4 is 11.1 Å². The van der Waals surface area contributed by atoms with Crippen molar-refractivity contribution >= 4 is 23.1 Å². The molecule has 1 atom stereocenters. The summed E-state index contributed by atoms with van der Waals surface area (Å²) in [5.74, 6) is 0.223. The van der Waals surface area contributed by atoms with E-state index in [0.717, 1.165) is 19.3 Å². The van der Waals surface area contributed by atoms with Crippen LogP contribution in [0.5, 0.6) is 0 Å². The smallest absolute Gasteiger partial charge is 0.224 e. The van der Waals surface area contributed by atoms with Crippen molar-refractivity contribution in [3.63, 3.8) is 0 Å². The van der Waals surface area contributed by atoms with E-state index in [-0.39, 0.29) is 17.2 Å². The van der Waals surface area contributed by atoms with E-state index in [1.807, 2.05) is 13.8 Å². The van der Waals surface area contributed by atoms with Gasteiger partial charge in [-0.1, -0.05) is 39.9 Å². The van der Waals surface area contributed by atoms with Gasteiger partial charge in [0.05, 0.1) is 10.5 Å². The fourth-order valence-electron chi connectivity index (χ4n) is 2.07. The van der Waals surface area contributed by atoms with Crippen molar-refractivity contribution in [3.8, 4) is 0 Å². The Morgan fingerprint density at radius 3 is 2.19 bits per heavy atom. The summed E-state index contributed by atoms with van der Waals surface area (Å²) in [6.07, 6.45) is 2.45. The molecule has 1 amide bonds. The minimum absolute atomic E-state index is 0.0986. The van der Waals surface area contributed by atoms with Gasteiger partial charge in [-0.25, -0.2) is 0 Å². The first-order chi connectivity index (χ1) is 7.29. The summed E-state index contributed by atoms with van der Waals surface area (Å²) in [5.41, 5.74) is 5.40. The molecule has 4 heteroatoms. The van der Waals surface area contributed by atoms with Crippen molar-refractivity contribution in [2.24, 2.45) is 17.1 Å². The highest BCUT2D eigenvalue weighted by Gasteiger charge is 2.51. The predicted molar refractivity (Wildman–Crippen MR) is 70.1 cm³/mol. The standard InChI is InChI=1S/C12H22N2OS/c1-5-12(6-2,10(13)16)14-9(15)8-7-11(8,3)4/h8H,5-7H2,1-4H3,(H2,13,16)(H,14,15). The van der Waals surface area contributed by atoms with Crippen LogP contribution in [0.15, 0.2) is 0 Å². The summed E-state index contributed by atoms with van der Waals surface area (Å²) in [6, 6.07) is 0. The van der Waals surface area contributed by atoms with E-state index in [1.165, 1.54) is 0 Å². The largest absolute Gasteiger partial charge is 0.391 e. The Morgan fingerprint density at radius 1 is 1.50 bits per heavy atom. The summed E-state index contributed by atoms with van der Waals surface area (Å²) >= 11 is 5.07. The first-order valence-corrected chi connectivity index (χ1v) is 6.32. The Labute approximate surface area is 103 Å². The lowest BCUT2D eigenvalue weighted by atomic mass is 9.92. The van der Waals surface area contributed by atoms with Crippen molar-refractivity contribution in [2.45, 2.75) is 52.5 Å². The van der Waals surface area contributed by atoms with E-state index < -0.39 is 5.54 Å². The molecular weight excluding hydrogens is 220 g/mol. The van der Waals surface area contributed by atoms with Gasteiger partial charge in [-0.15, -0.1) is 0 Å². The first kappa shape index (κ1) is 13.4. The fourth-order valence-corrected chi connectivity index (χ4v) is 2.41. The summed E-state index contributed by atoms with van der Waals surface area (Å²) < 4.78 is 0. The first-order valence-electron chi connectivity index (χ1n) is 5.91. The van der Waals surface area contributed by atoms with Gasteiger partial charge in [0.1, 0.15) is 0 Å². The maximum absolute atomic E-state index is 12.0. The molecule has 0 aromatic heterocycles. The van der Waals surface area contributed by atoms with E-state index in [0.29, 0.717) is 4.99 Å². The number of rotatable bonds is 5. The SMILES string of the molecule is CCC(CC)(NC(=O)C1CC1(C)C)C(N)=S. The molecule has 0 radical (unpaired) electrons. The van der Waals surface area contributed by atoms with Gasteiger partial charge in [0.2, 0.25) is 5.91 Å². The minimum Gasteiger partial charge on any atom is -0.391 e. The predicted octanol–water partition coefficient (Wildman–Crippen LogP) is 1.99. The lowest BCUT2D eigenvalue weighted by Gasteiger charge is -2.32. The third-order valence-electron chi connectivity index (χ3n) is 3.87.